The van der Waals surface area contributed by atoms with Crippen LogP contribution in [0, 0.1) is 0 Å². The molecular weight excluding hydrogens is 360 g/mol. The fraction of sp³-hybridized carbons (Fsp3) is 0.261. The number of hydrogen-bond acceptors (Lipinski definition) is 5. The third-order valence-electron chi connectivity index (χ3n) is 5.49. The zero-order valence-electron chi connectivity index (χ0n) is 16.3. The number of imidazole rings is 1. The molecule has 0 atom stereocenters. The molecule has 0 radical (unpaired) electrons. The third-order valence-corrected chi connectivity index (χ3v) is 5.49. The summed E-state index contributed by atoms with van der Waals surface area (Å²) in [7, 11) is 0. The Bertz CT molecular complexity index is 1110. The molecule has 4 aromatic rings. The molecule has 0 aliphatic carbocycles. The normalized spacial score (nSPS) is 14.5. The molecule has 0 saturated carbocycles. The standard InChI is InChI=1S/C23H24N6/c1-2-8-19(18(7-1)11-16-28-13-5-6-14-28)26-23-24-12-10-20(27-23)21-17-25-22-9-3-4-15-29(21)22/h1-4,7-10,12,15,17H,5-6,11,13-14,16H2,(H,24,26,27). The third kappa shape index (κ3) is 3.84. The van der Waals surface area contributed by atoms with Gasteiger partial charge in [-0.3, -0.25) is 4.40 Å². The minimum atomic E-state index is 0.599. The minimum absolute atomic E-state index is 0.599. The molecule has 3 aromatic heterocycles. The van der Waals surface area contributed by atoms with E-state index in [1.54, 1.807) is 6.20 Å². The Balaban J connectivity index is 1.38. The molecule has 6 nitrogen and oxygen atoms in total. The second-order valence-corrected chi connectivity index (χ2v) is 7.42. The van der Waals surface area contributed by atoms with Crippen molar-refractivity contribution in [2.24, 2.45) is 0 Å². The molecule has 1 fully saturated rings. The molecule has 0 amide bonds. The van der Waals surface area contributed by atoms with Crippen molar-refractivity contribution in [3.05, 3.63) is 72.7 Å². The van der Waals surface area contributed by atoms with Crippen LogP contribution in [0.2, 0.25) is 0 Å². The maximum atomic E-state index is 4.75. The van der Waals surface area contributed by atoms with Crippen molar-refractivity contribution in [2.45, 2.75) is 19.3 Å². The van der Waals surface area contributed by atoms with E-state index < -0.39 is 0 Å². The molecular formula is C23H24N6. The summed E-state index contributed by atoms with van der Waals surface area (Å²) in [6.07, 6.45) is 9.32. The summed E-state index contributed by atoms with van der Waals surface area (Å²) in [6.45, 7) is 3.54. The van der Waals surface area contributed by atoms with Crippen LogP contribution >= 0.6 is 0 Å². The Morgan fingerprint density at radius 2 is 1.79 bits per heavy atom. The fourth-order valence-electron chi connectivity index (χ4n) is 3.95. The van der Waals surface area contributed by atoms with E-state index >= 15 is 0 Å². The van der Waals surface area contributed by atoms with Crippen molar-refractivity contribution in [3.8, 4) is 11.4 Å². The molecule has 0 spiro atoms. The van der Waals surface area contributed by atoms with Crippen molar-refractivity contribution in [3.63, 3.8) is 0 Å². The van der Waals surface area contributed by atoms with Crippen LogP contribution in [0.15, 0.2) is 67.1 Å². The summed E-state index contributed by atoms with van der Waals surface area (Å²) >= 11 is 0. The van der Waals surface area contributed by atoms with Gasteiger partial charge < -0.3 is 10.2 Å². The van der Waals surface area contributed by atoms with Crippen LogP contribution < -0.4 is 5.32 Å². The van der Waals surface area contributed by atoms with E-state index in [1.807, 2.05) is 41.1 Å². The highest BCUT2D eigenvalue weighted by atomic mass is 15.1. The van der Waals surface area contributed by atoms with Gasteiger partial charge in [-0.15, -0.1) is 0 Å². The fourth-order valence-corrected chi connectivity index (χ4v) is 3.95. The number of benzene rings is 1. The first kappa shape index (κ1) is 17.8. The maximum absolute atomic E-state index is 4.75. The highest BCUT2D eigenvalue weighted by molar-refractivity contribution is 5.63. The van der Waals surface area contributed by atoms with Crippen molar-refractivity contribution < 1.29 is 0 Å². The largest absolute Gasteiger partial charge is 0.324 e. The van der Waals surface area contributed by atoms with Crippen molar-refractivity contribution in [2.75, 3.05) is 25.0 Å². The summed E-state index contributed by atoms with van der Waals surface area (Å²) in [4.78, 5) is 16.2. The highest BCUT2D eigenvalue weighted by Gasteiger charge is 2.13. The Hall–Kier alpha value is -3.25. The van der Waals surface area contributed by atoms with Crippen LogP contribution in [-0.4, -0.2) is 43.9 Å². The van der Waals surface area contributed by atoms with Gasteiger partial charge in [0, 0.05) is 24.6 Å². The molecule has 6 heteroatoms. The summed E-state index contributed by atoms with van der Waals surface area (Å²) < 4.78 is 2.04. The molecule has 1 aromatic carbocycles. The highest BCUT2D eigenvalue weighted by Crippen LogP contribution is 2.23. The zero-order chi connectivity index (χ0) is 19.5. The van der Waals surface area contributed by atoms with Crippen LogP contribution in [0.25, 0.3) is 17.0 Å². The van der Waals surface area contributed by atoms with Gasteiger partial charge in [0.1, 0.15) is 5.65 Å². The lowest BCUT2D eigenvalue weighted by atomic mass is 10.1. The van der Waals surface area contributed by atoms with Gasteiger partial charge in [0.15, 0.2) is 0 Å². The second-order valence-electron chi connectivity index (χ2n) is 7.42. The van der Waals surface area contributed by atoms with Gasteiger partial charge in [0.05, 0.1) is 17.6 Å². The number of nitrogens with zero attached hydrogens (tertiary/aromatic N) is 5. The monoisotopic (exact) mass is 384 g/mol. The van der Waals surface area contributed by atoms with Gasteiger partial charge in [-0.2, -0.15) is 0 Å². The van der Waals surface area contributed by atoms with E-state index in [2.05, 4.69) is 44.5 Å². The van der Waals surface area contributed by atoms with Crippen LogP contribution in [0.4, 0.5) is 11.6 Å². The van der Waals surface area contributed by atoms with Crippen LogP contribution in [-0.2, 0) is 6.42 Å². The van der Waals surface area contributed by atoms with Gasteiger partial charge in [0.2, 0.25) is 5.95 Å². The molecule has 1 saturated heterocycles. The summed E-state index contributed by atoms with van der Waals surface area (Å²) in [5.41, 5.74) is 5.07. The Kier molecular flexibility index (Phi) is 4.92. The number of rotatable bonds is 6. The molecule has 146 valence electrons. The topological polar surface area (TPSA) is 58.4 Å². The lowest BCUT2D eigenvalue weighted by molar-refractivity contribution is 0.343. The molecule has 1 N–H and O–H groups in total. The Morgan fingerprint density at radius 3 is 2.72 bits per heavy atom. The zero-order valence-corrected chi connectivity index (χ0v) is 16.3. The first-order chi connectivity index (χ1) is 14.4. The molecule has 1 aliphatic rings. The lowest BCUT2D eigenvalue weighted by Gasteiger charge is -2.16. The van der Waals surface area contributed by atoms with Gasteiger partial charge in [-0.25, -0.2) is 15.0 Å². The van der Waals surface area contributed by atoms with E-state index in [4.69, 9.17) is 4.98 Å². The molecule has 0 unspecified atom stereocenters. The molecule has 1 aliphatic heterocycles. The number of hydrogen-bond donors (Lipinski definition) is 1. The van der Waals surface area contributed by atoms with Gasteiger partial charge in [-0.1, -0.05) is 24.3 Å². The molecule has 0 bridgehead atoms. The molecule has 29 heavy (non-hydrogen) atoms. The number of pyridine rings is 1. The quantitative estimate of drug-likeness (QED) is 0.541. The van der Waals surface area contributed by atoms with Crippen LogP contribution in [0.5, 0.6) is 0 Å². The number of para-hydroxylation sites is 1. The van der Waals surface area contributed by atoms with Crippen LogP contribution in [0.1, 0.15) is 18.4 Å². The average Bonchev–Trinajstić information content (AvgIpc) is 3.43. The van der Waals surface area contributed by atoms with Gasteiger partial charge in [0.25, 0.3) is 0 Å². The Labute approximate surface area is 170 Å². The van der Waals surface area contributed by atoms with E-state index in [1.165, 1.54) is 31.5 Å². The number of aromatic nitrogens is 4. The molecule has 4 heterocycles. The van der Waals surface area contributed by atoms with Gasteiger partial charge >= 0.3 is 0 Å². The van der Waals surface area contributed by atoms with E-state index in [-0.39, 0.29) is 0 Å². The predicted octanol–water partition coefficient (Wildman–Crippen LogP) is 4.17. The van der Waals surface area contributed by atoms with Crippen molar-refractivity contribution in [1.29, 1.82) is 0 Å². The lowest BCUT2D eigenvalue weighted by Crippen LogP contribution is -2.22. The minimum Gasteiger partial charge on any atom is -0.324 e. The predicted molar refractivity (Wildman–Crippen MR) is 115 cm³/mol. The van der Waals surface area contributed by atoms with Crippen molar-refractivity contribution in [1.82, 2.24) is 24.3 Å². The smallest absolute Gasteiger partial charge is 0.227 e. The number of anilines is 2. The van der Waals surface area contributed by atoms with E-state index in [0.29, 0.717) is 5.95 Å². The summed E-state index contributed by atoms with van der Waals surface area (Å²) in [6, 6.07) is 16.3. The number of likely N-dealkylation sites (tertiary alicyclic amines) is 1. The maximum Gasteiger partial charge on any atom is 0.227 e. The summed E-state index contributed by atoms with van der Waals surface area (Å²) in [5.74, 6) is 0.599. The first-order valence-electron chi connectivity index (χ1n) is 10.2. The van der Waals surface area contributed by atoms with E-state index in [9.17, 15) is 0 Å². The first-order valence-corrected chi connectivity index (χ1v) is 10.2. The SMILES string of the molecule is c1ccc(Nc2nccc(-c3cnc4ccccn34)n2)c(CCN2CCCC2)c1. The van der Waals surface area contributed by atoms with Gasteiger partial charge in [-0.05, 0) is 62.2 Å². The number of nitrogens with one attached hydrogen (secondary N) is 1. The molecule has 5 rings (SSSR count). The summed E-state index contributed by atoms with van der Waals surface area (Å²) in [5, 5.41) is 3.43. The average molecular weight is 384 g/mol. The van der Waals surface area contributed by atoms with Crippen molar-refractivity contribution >= 4 is 17.3 Å². The van der Waals surface area contributed by atoms with Crippen LogP contribution in [0.3, 0.4) is 0 Å². The Morgan fingerprint density at radius 1 is 0.931 bits per heavy atom. The van der Waals surface area contributed by atoms with E-state index in [0.717, 1.165) is 35.7 Å². The number of fused-ring (bicyclic) bond motifs is 1. The second kappa shape index (κ2) is 8.01.